The smallest absolute Gasteiger partial charge is 0.327 e. The molecule has 2 heterocycles. The first-order valence-corrected chi connectivity index (χ1v) is 9.92. The third-order valence-corrected chi connectivity index (χ3v) is 5.17. The highest BCUT2D eigenvalue weighted by atomic mass is 32.1. The number of esters is 1. The monoisotopic (exact) mass is 430 g/mol. The Morgan fingerprint density at radius 1 is 1.27 bits per heavy atom. The average Bonchev–Trinajstić information content (AvgIpc) is 3.41. The zero-order valence-corrected chi connectivity index (χ0v) is 17.3. The fraction of sp³-hybridized carbons (Fsp3) is 0.250. The molecule has 1 unspecified atom stereocenters. The van der Waals surface area contributed by atoms with Crippen LogP contribution in [0.25, 0.3) is 0 Å². The van der Waals surface area contributed by atoms with Gasteiger partial charge in [-0.05, 0) is 29.1 Å². The van der Waals surface area contributed by atoms with E-state index in [2.05, 4.69) is 15.7 Å². The van der Waals surface area contributed by atoms with Gasteiger partial charge in [0.1, 0.15) is 11.9 Å². The maximum absolute atomic E-state index is 12.4. The number of ether oxygens (including phenoxy) is 2. The van der Waals surface area contributed by atoms with Crippen molar-refractivity contribution in [2.75, 3.05) is 26.1 Å². The standard InChI is InChI=1S/C20H22N4O5S/c1-28-16-6-5-13(10-15(16)25)19(20(27)29-2)21-11-18(26)23-17-7-8-22-24(17)12-14-4-3-9-30-14/h3-10,19,21,25H,11-12H2,1-2H3,(H,23,26). The van der Waals surface area contributed by atoms with Crippen LogP contribution >= 0.6 is 11.3 Å². The summed E-state index contributed by atoms with van der Waals surface area (Å²) >= 11 is 1.60. The molecule has 0 fully saturated rings. The van der Waals surface area contributed by atoms with Crippen molar-refractivity contribution >= 4 is 29.0 Å². The Labute approximate surface area is 177 Å². The van der Waals surface area contributed by atoms with Crippen LogP contribution in [0.1, 0.15) is 16.5 Å². The molecule has 0 spiro atoms. The zero-order valence-electron chi connectivity index (χ0n) is 16.5. The first-order valence-electron chi connectivity index (χ1n) is 9.04. The molecule has 9 nitrogen and oxygen atoms in total. The number of phenolic OH excluding ortho intramolecular Hbond substituents is 1. The fourth-order valence-electron chi connectivity index (χ4n) is 2.84. The number of carbonyl (C=O) groups is 2. The van der Waals surface area contributed by atoms with E-state index >= 15 is 0 Å². The Kier molecular flexibility index (Phi) is 7.04. The summed E-state index contributed by atoms with van der Waals surface area (Å²) in [4.78, 5) is 25.8. The van der Waals surface area contributed by atoms with Crippen molar-refractivity contribution in [2.45, 2.75) is 12.6 Å². The minimum atomic E-state index is -0.936. The van der Waals surface area contributed by atoms with Gasteiger partial charge < -0.3 is 19.9 Å². The highest BCUT2D eigenvalue weighted by molar-refractivity contribution is 7.09. The lowest BCUT2D eigenvalue weighted by Crippen LogP contribution is -2.36. The van der Waals surface area contributed by atoms with E-state index < -0.39 is 12.0 Å². The van der Waals surface area contributed by atoms with Crippen molar-refractivity contribution in [3.63, 3.8) is 0 Å². The van der Waals surface area contributed by atoms with Gasteiger partial charge in [0, 0.05) is 10.9 Å². The topological polar surface area (TPSA) is 115 Å². The number of methoxy groups -OCH3 is 2. The second-order valence-electron chi connectivity index (χ2n) is 6.27. The van der Waals surface area contributed by atoms with Gasteiger partial charge in [0.25, 0.3) is 0 Å². The summed E-state index contributed by atoms with van der Waals surface area (Å²) in [6.45, 7) is 0.389. The average molecular weight is 430 g/mol. The SMILES string of the molecule is COC(=O)C(NCC(=O)Nc1ccnn1Cc1cccs1)c1ccc(OC)c(O)c1. The second-order valence-corrected chi connectivity index (χ2v) is 7.30. The highest BCUT2D eigenvalue weighted by Crippen LogP contribution is 2.29. The van der Waals surface area contributed by atoms with Gasteiger partial charge in [0.2, 0.25) is 5.91 Å². The minimum Gasteiger partial charge on any atom is -0.504 e. The van der Waals surface area contributed by atoms with Gasteiger partial charge in [-0.25, -0.2) is 9.48 Å². The molecule has 0 bridgehead atoms. The Balaban J connectivity index is 1.65. The number of amides is 1. The summed E-state index contributed by atoms with van der Waals surface area (Å²) in [6, 6.07) is 9.24. The van der Waals surface area contributed by atoms with E-state index in [0.717, 1.165) is 4.88 Å². The van der Waals surface area contributed by atoms with Crippen molar-refractivity contribution in [3.05, 3.63) is 58.4 Å². The first kappa shape index (κ1) is 21.3. The van der Waals surface area contributed by atoms with E-state index in [1.54, 1.807) is 34.3 Å². The number of anilines is 1. The highest BCUT2D eigenvalue weighted by Gasteiger charge is 2.23. The van der Waals surface area contributed by atoms with Crippen molar-refractivity contribution in [2.24, 2.45) is 0 Å². The van der Waals surface area contributed by atoms with Gasteiger partial charge >= 0.3 is 5.97 Å². The third kappa shape index (κ3) is 5.16. The van der Waals surface area contributed by atoms with E-state index in [1.165, 1.54) is 26.4 Å². The molecule has 0 aliphatic heterocycles. The molecule has 0 aliphatic rings. The van der Waals surface area contributed by atoms with Crippen molar-refractivity contribution in [1.82, 2.24) is 15.1 Å². The summed E-state index contributed by atoms with van der Waals surface area (Å²) in [6.07, 6.45) is 1.61. The molecule has 30 heavy (non-hydrogen) atoms. The van der Waals surface area contributed by atoms with Gasteiger partial charge in [0.15, 0.2) is 11.5 Å². The van der Waals surface area contributed by atoms with Crippen LogP contribution in [0.15, 0.2) is 48.0 Å². The molecular weight excluding hydrogens is 408 g/mol. The molecule has 0 aliphatic carbocycles. The fourth-order valence-corrected chi connectivity index (χ4v) is 3.52. The number of aromatic nitrogens is 2. The van der Waals surface area contributed by atoms with Crippen LogP contribution < -0.4 is 15.4 Å². The van der Waals surface area contributed by atoms with Gasteiger partial charge in [0.05, 0.1) is 33.5 Å². The minimum absolute atomic E-state index is 0.118. The molecule has 0 saturated carbocycles. The number of aromatic hydroxyl groups is 1. The van der Waals surface area contributed by atoms with Crippen molar-refractivity contribution in [1.29, 1.82) is 0 Å². The van der Waals surface area contributed by atoms with Crippen LogP contribution in [0.4, 0.5) is 5.82 Å². The molecule has 0 radical (unpaired) electrons. The number of rotatable bonds is 9. The molecule has 3 N–H and O–H groups in total. The lowest BCUT2D eigenvalue weighted by molar-refractivity contribution is -0.143. The molecule has 3 rings (SSSR count). The molecule has 10 heteroatoms. The molecular formula is C20H22N4O5S. The van der Waals surface area contributed by atoms with Gasteiger partial charge in [-0.3, -0.25) is 10.1 Å². The lowest BCUT2D eigenvalue weighted by Gasteiger charge is -2.17. The van der Waals surface area contributed by atoms with Crippen LogP contribution in [0.3, 0.4) is 0 Å². The Morgan fingerprint density at radius 3 is 2.77 bits per heavy atom. The molecule has 2 aromatic heterocycles. The molecule has 1 atom stereocenters. The Hall–Kier alpha value is -3.37. The number of benzene rings is 1. The zero-order chi connectivity index (χ0) is 21.5. The number of hydrogen-bond acceptors (Lipinski definition) is 8. The quantitative estimate of drug-likeness (QED) is 0.446. The predicted molar refractivity (Wildman–Crippen MR) is 112 cm³/mol. The Morgan fingerprint density at radius 2 is 2.10 bits per heavy atom. The number of nitrogens with one attached hydrogen (secondary N) is 2. The Bertz CT molecular complexity index is 1000. The van der Waals surface area contributed by atoms with E-state index in [4.69, 9.17) is 9.47 Å². The molecule has 1 aromatic carbocycles. The number of nitrogens with zero attached hydrogens (tertiary/aromatic N) is 2. The van der Waals surface area contributed by atoms with Gasteiger partial charge in [-0.2, -0.15) is 5.10 Å². The molecule has 3 aromatic rings. The van der Waals surface area contributed by atoms with Crippen LogP contribution in [0, 0.1) is 0 Å². The van der Waals surface area contributed by atoms with Crippen molar-refractivity contribution < 1.29 is 24.2 Å². The van der Waals surface area contributed by atoms with Crippen LogP contribution in [0.2, 0.25) is 0 Å². The summed E-state index contributed by atoms with van der Waals surface area (Å²) in [5.74, 6) is -0.233. The normalized spacial score (nSPS) is 11.7. The van der Waals surface area contributed by atoms with E-state index in [9.17, 15) is 14.7 Å². The number of phenols is 1. The summed E-state index contributed by atoms with van der Waals surface area (Å²) in [7, 11) is 2.68. The predicted octanol–water partition coefficient (Wildman–Crippen LogP) is 2.15. The van der Waals surface area contributed by atoms with Crippen molar-refractivity contribution in [3.8, 4) is 11.5 Å². The maximum Gasteiger partial charge on any atom is 0.327 e. The van der Waals surface area contributed by atoms with Gasteiger partial charge in [-0.1, -0.05) is 12.1 Å². The van der Waals surface area contributed by atoms with E-state index in [1.807, 2.05) is 17.5 Å². The van der Waals surface area contributed by atoms with Gasteiger partial charge in [-0.15, -0.1) is 11.3 Å². The lowest BCUT2D eigenvalue weighted by atomic mass is 10.1. The molecule has 158 valence electrons. The number of hydrogen-bond donors (Lipinski definition) is 3. The molecule has 0 saturated heterocycles. The number of carbonyl (C=O) groups excluding carboxylic acids is 2. The van der Waals surface area contributed by atoms with Crippen LogP contribution in [-0.4, -0.2) is 47.5 Å². The summed E-state index contributed by atoms with van der Waals surface area (Å²) in [5.41, 5.74) is 0.440. The largest absolute Gasteiger partial charge is 0.504 e. The summed E-state index contributed by atoms with van der Waals surface area (Å²) in [5, 5.41) is 21.8. The summed E-state index contributed by atoms with van der Waals surface area (Å²) < 4.78 is 11.5. The van der Waals surface area contributed by atoms with E-state index in [0.29, 0.717) is 17.9 Å². The third-order valence-electron chi connectivity index (χ3n) is 4.31. The van der Waals surface area contributed by atoms with Crippen LogP contribution in [0.5, 0.6) is 11.5 Å². The molecule has 1 amide bonds. The van der Waals surface area contributed by atoms with E-state index in [-0.39, 0.29) is 24.0 Å². The second kappa shape index (κ2) is 9.90. The first-order chi connectivity index (χ1) is 14.5. The maximum atomic E-state index is 12.4. The number of thiophene rings is 1. The van der Waals surface area contributed by atoms with Crippen LogP contribution in [-0.2, 0) is 20.9 Å².